The fourth-order valence-electron chi connectivity index (χ4n) is 1.96. The molecule has 7 heteroatoms. The maximum Gasteiger partial charge on any atom is 0.323 e. The average molecular weight is 292 g/mol. The van der Waals surface area contributed by atoms with Crippen molar-refractivity contribution in [2.45, 2.75) is 18.9 Å². The van der Waals surface area contributed by atoms with Crippen molar-refractivity contribution in [1.82, 2.24) is 10.1 Å². The smallest absolute Gasteiger partial charge is 0.323 e. The largest absolute Gasteiger partial charge is 0.480 e. The van der Waals surface area contributed by atoms with E-state index in [0.29, 0.717) is 5.76 Å². The van der Waals surface area contributed by atoms with Crippen LogP contribution < -0.4 is 0 Å². The molecule has 1 aliphatic rings. The standard InChI is InChI=1S/C13H12N2O4S/c16-12(17)7-15(8-3-4-8)13(18)9-6-10(19-14-9)11-2-1-5-20-11/h1-2,5-6,8H,3-4,7H2,(H,16,17). The van der Waals surface area contributed by atoms with E-state index in [2.05, 4.69) is 5.16 Å². The quantitative estimate of drug-likeness (QED) is 0.912. The molecule has 2 heterocycles. The van der Waals surface area contributed by atoms with E-state index in [1.165, 1.54) is 16.2 Å². The molecule has 2 aromatic rings. The minimum absolute atomic E-state index is 0.0143. The zero-order valence-electron chi connectivity index (χ0n) is 10.5. The third-order valence-electron chi connectivity index (χ3n) is 3.05. The maximum absolute atomic E-state index is 12.3. The first kappa shape index (κ1) is 12.9. The third-order valence-corrected chi connectivity index (χ3v) is 3.93. The Hall–Kier alpha value is -2.15. The van der Waals surface area contributed by atoms with Crippen LogP contribution in [0.2, 0.25) is 0 Å². The number of hydrogen-bond acceptors (Lipinski definition) is 5. The molecule has 1 saturated carbocycles. The fourth-order valence-corrected chi connectivity index (χ4v) is 2.63. The van der Waals surface area contributed by atoms with Gasteiger partial charge in [-0.05, 0) is 24.3 Å². The number of carboxylic acids is 1. The van der Waals surface area contributed by atoms with Crippen molar-refractivity contribution in [2.75, 3.05) is 6.54 Å². The van der Waals surface area contributed by atoms with Crippen LogP contribution >= 0.6 is 11.3 Å². The summed E-state index contributed by atoms with van der Waals surface area (Å²) in [4.78, 5) is 25.3. The molecule has 0 aliphatic heterocycles. The molecular weight excluding hydrogens is 280 g/mol. The number of hydrogen-bond donors (Lipinski definition) is 1. The molecule has 1 N–H and O–H groups in total. The second-order valence-electron chi connectivity index (χ2n) is 4.61. The van der Waals surface area contributed by atoms with Crippen molar-refractivity contribution in [1.29, 1.82) is 0 Å². The first-order valence-corrected chi connectivity index (χ1v) is 7.06. The van der Waals surface area contributed by atoms with Crippen LogP contribution in [0.5, 0.6) is 0 Å². The lowest BCUT2D eigenvalue weighted by Crippen LogP contribution is -2.37. The van der Waals surface area contributed by atoms with Crippen LogP contribution in [0.15, 0.2) is 28.1 Å². The number of carbonyl (C=O) groups is 2. The van der Waals surface area contributed by atoms with Crippen LogP contribution in [0, 0.1) is 0 Å². The molecule has 6 nitrogen and oxygen atoms in total. The van der Waals surface area contributed by atoms with Gasteiger partial charge in [0.05, 0.1) is 4.88 Å². The van der Waals surface area contributed by atoms with Crippen LogP contribution in [-0.4, -0.2) is 39.6 Å². The number of nitrogens with zero attached hydrogens (tertiary/aromatic N) is 2. The molecule has 1 fully saturated rings. The highest BCUT2D eigenvalue weighted by Crippen LogP contribution is 2.29. The van der Waals surface area contributed by atoms with E-state index in [1.54, 1.807) is 6.07 Å². The van der Waals surface area contributed by atoms with Crippen molar-refractivity contribution in [2.24, 2.45) is 0 Å². The summed E-state index contributed by atoms with van der Waals surface area (Å²) < 4.78 is 5.15. The van der Waals surface area contributed by atoms with E-state index >= 15 is 0 Å². The van der Waals surface area contributed by atoms with Crippen LogP contribution in [0.25, 0.3) is 10.6 Å². The number of carboxylic acid groups (broad SMARTS) is 1. The van der Waals surface area contributed by atoms with Crippen molar-refractivity contribution in [3.8, 4) is 10.6 Å². The summed E-state index contributed by atoms with van der Waals surface area (Å²) in [7, 11) is 0. The highest BCUT2D eigenvalue weighted by molar-refractivity contribution is 7.13. The molecule has 0 saturated heterocycles. The summed E-state index contributed by atoms with van der Waals surface area (Å²) in [6, 6.07) is 5.33. The Kier molecular flexibility index (Phi) is 3.27. The molecule has 0 atom stereocenters. The predicted octanol–water partition coefficient (Wildman–Crippen LogP) is 2.09. The van der Waals surface area contributed by atoms with E-state index in [4.69, 9.17) is 9.63 Å². The maximum atomic E-state index is 12.3. The minimum atomic E-state index is -1.02. The Bertz CT molecular complexity index is 631. The van der Waals surface area contributed by atoms with Crippen molar-refractivity contribution >= 4 is 23.2 Å². The lowest BCUT2D eigenvalue weighted by Gasteiger charge is -2.18. The summed E-state index contributed by atoms with van der Waals surface area (Å²) in [5.74, 6) is -0.886. The Balaban J connectivity index is 1.80. The minimum Gasteiger partial charge on any atom is -0.480 e. The van der Waals surface area contributed by atoms with Crippen molar-refractivity contribution in [3.05, 3.63) is 29.3 Å². The van der Waals surface area contributed by atoms with Crippen molar-refractivity contribution in [3.63, 3.8) is 0 Å². The van der Waals surface area contributed by atoms with Gasteiger partial charge in [-0.1, -0.05) is 11.2 Å². The highest BCUT2D eigenvalue weighted by atomic mass is 32.1. The Morgan fingerprint density at radius 3 is 2.90 bits per heavy atom. The Labute approximate surface area is 118 Å². The van der Waals surface area contributed by atoms with Gasteiger partial charge < -0.3 is 14.5 Å². The molecule has 1 amide bonds. The number of thiophene rings is 1. The molecule has 0 aromatic carbocycles. The van der Waals surface area contributed by atoms with Crippen LogP contribution in [0.3, 0.4) is 0 Å². The second kappa shape index (κ2) is 5.09. The van der Waals surface area contributed by atoms with E-state index in [1.807, 2.05) is 17.5 Å². The third kappa shape index (κ3) is 2.57. The van der Waals surface area contributed by atoms with E-state index in [0.717, 1.165) is 17.7 Å². The number of amides is 1. The normalized spacial score (nSPS) is 14.2. The summed E-state index contributed by atoms with van der Waals surface area (Å²) in [5, 5.41) is 14.5. The predicted molar refractivity (Wildman–Crippen MR) is 71.5 cm³/mol. The molecular formula is C13H12N2O4S. The van der Waals surface area contributed by atoms with Gasteiger partial charge in [-0.3, -0.25) is 9.59 Å². The number of carbonyl (C=O) groups excluding carboxylic acids is 1. The van der Waals surface area contributed by atoms with Gasteiger partial charge in [-0.2, -0.15) is 0 Å². The van der Waals surface area contributed by atoms with Crippen LogP contribution in [0.4, 0.5) is 0 Å². The number of aliphatic carboxylic acids is 1. The molecule has 0 bridgehead atoms. The summed E-state index contributed by atoms with van der Waals surface area (Å²) in [6.45, 7) is -0.301. The van der Waals surface area contributed by atoms with E-state index in [-0.39, 0.29) is 24.2 Å². The van der Waals surface area contributed by atoms with Gasteiger partial charge in [-0.15, -0.1) is 11.3 Å². The van der Waals surface area contributed by atoms with Gasteiger partial charge in [0, 0.05) is 12.1 Å². The summed E-state index contributed by atoms with van der Waals surface area (Å²) in [6.07, 6.45) is 1.68. The van der Waals surface area contributed by atoms with E-state index < -0.39 is 5.97 Å². The second-order valence-corrected chi connectivity index (χ2v) is 5.56. The molecule has 104 valence electrons. The van der Waals surface area contributed by atoms with Crippen LogP contribution in [-0.2, 0) is 4.79 Å². The van der Waals surface area contributed by atoms with Gasteiger partial charge in [0.1, 0.15) is 6.54 Å². The lowest BCUT2D eigenvalue weighted by atomic mass is 10.3. The zero-order chi connectivity index (χ0) is 14.1. The molecule has 0 radical (unpaired) electrons. The van der Waals surface area contributed by atoms with Gasteiger partial charge in [-0.25, -0.2) is 0 Å². The van der Waals surface area contributed by atoms with Crippen molar-refractivity contribution < 1.29 is 19.2 Å². The summed E-state index contributed by atoms with van der Waals surface area (Å²) >= 11 is 1.49. The number of aromatic nitrogens is 1. The summed E-state index contributed by atoms with van der Waals surface area (Å²) in [5.41, 5.74) is 0.154. The first-order chi connectivity index (χ1) is 9.65. The fraction of sp³-hybridized carbons (Fsp3) is 0.308. The van der Waals surface area contributed by atoms with E-state index in [9.17, 15) is 9.59 Å². The highest BCUT2D eigenvalue weighted by Gasteiger charge is 2.35. The molecule has 3 rings (SSSR count). The zero-order valence-corrected chi connectivity index (χ0v) is 11.3. The Morgan fingerprint density at radius 2 is 2.30 bits per heavy atom. The Morgan fingerprint density at radius 1 is 1.50 bits per heavy atom. The van der Waals surface area contributed by atoms with Gasteiger partial charge in [0.25, 0.3) is 5.91 Å². The monoisotopic (exact) mass is 292 g/mol. The van der Waals surface area contributed by atoms with Crippen LogP contribution in [0.1, 0.15) is 23.3 Å². The molecule has 20 heavy (non-hydrogen) atoms. The molecule has 0 unspecified atom stereocenters. The first-order valence-electron chi connectivity index (χ1n) is 6.18. The van der Waals surface area contributed by atoms with Gasteiger partial charge in [0.15, 0.2) is 11.5 Å². The lowest BCUT2D eigenvalue weighted by molar-refractivity contribution is -0.137. The SMILES string of the molecule is O=C(O)CN(C(=O)c1cc(-c2cccs2)on1)C1CC1. The number of rotatable bonds is 5. The molecule has 0 spiro atoms. The topological polar surface area (TPSA) is 83.6 Å². The average Bonchev–Trinajstić information content (AvgIpc) is 2.94. The van der Waals surface area contributed by atoms with Gasteiger partial charge in [0.2, 0.25) is 0 Å². The molecule has 1 aliphatic carbocycles. The molecule has 2 aromatic heterocycles. The van der Waals surface area contributed by atoms with Gasteiger partial charge >= 0.3 is 5.97 Å².